The van der Waals surface area contributed by atoms with Crippen molar-refractivity contribution in [3.8, 4) is 11.4 Å². The highest BCUT2D eigenvalue weighted by molar-refractivity contribution is 6.00. The molecule has 0 spiro atoms. The van der Waals surface area contributed by atoms with Gasteiger partial charge in [-0.05, 0) is 19.1 Å². The maximum Gasteiger partial charge on any atom is 0.431 e. The fourth-order valence-corrected chi connectivity index (χ4v) is 2.71. The zero-order valence-electron chi connectivity index (χ0n) is 13.7. The summed E-state index contributed by atoms with van der Waals surface area (Å²) < 4.78 is 0. The van der Waals surface area contributed by atoms with Crippen LogP contribution in [0.5, 0.6) is 0 Å². The number of hydroxylamine groups is 2. The molecular weight excluding hydrogens is 324 g/mol. The van der Waals surface area contributed by atoms with Crippen LogP contribution in [0.1, 0.15) is 17.3 Å². The number of hydrogen-bond acceptors (Lipinski definition) is 5. The van der Waals surface area contributed by atoms with Crippen LogP contribution < -0.4 is 0 Å². The lowest BCUT2D eigenvalue weighted by Crippen LogP contribution is -2.37. The molecule has 0 bridgehead atoms. The topological polar surface area (TPSA) is 95.9 Å². The summed E-state index contributed by atoms with van der Waals surface area (Å²) in [5, 5.41) is 9.96. The summed E-state index contributed by atoms with van der Waals surface area (Å²) >= 11 is 0. The van der Waals surface area contributed by atoms with E-state index in [1.54, 1.807) is 48.5 Å². The van der Waals surface area contributed by atoms with Crippen LogP contribution in [-0.4, -0.2) is 62.8 Å². The lowest BCUT2D eigenvalue weighted by molar-refractivity contribution is -0.153. The van der Waals surface area contributed by atoms with Crippen molar-refractivity contribution in [3.63, 3.8) is 0 Å². The Morgan fingerprint density at radius 1 is 1.16 bits per heavy atom. The normalized spacial score (nSPS) is 17.9. The highest BCUT2D eigenvalue weighted by Gasteiger charge is 2.28. The van der Waals surface area contributed by atoms with Crippen molar-refractivity contribution >= 4 is 12.0 Å². The molecule has 2 amide bonds. The van der Waals surface area contributed by atoms with Gasteiger partial charge < -0.3 is 10.0 Å². The Morgan fingerprint density at radius 3 is 2.60 bits per heavy atom. The fourth-order valence-electron chi connectivity index (χ4n) is 2.71. The van der Waals surface area contributed by atoms with Crippen molar-refractivity contribution in [3.05, 3.63) is 48.3 Å². The Bertz CT molecular complexity index is 768. The number of benzene rings is 1. The van der Waals surface area contributed by atoms with Crippen molar-refractivity contribution in [2.24, 2.45) is 0 Å². The number of aromatic nitrogens is 2. The van der Waals surface area contributed by atoms with E-state index in [0.29, 0.717) is 23.5 Å². The monoisotopic (exact) mass is 342 g/mol. The van der Waals surface area contributed by atoms with Gasteiger partial charge in [0.05, 0.1) is 12.1 Å². The number of amides is 2. The third-order valence-electron chi connectivity index (χ3n) is 3.82. The van der Waals surface area contributed by atoms with Crippen molar-refractivity contribution in [2.75, 3.05) is 19.6 Å². The molecule has 8 heteroatoms. The minimum Gasteiger partial charge on any atom is -0.463 e. The van der Waals surface area contributed by atoms with Crippen molar-refractivity contribution in [1.29, 1.82) is 0 Å². The molecule has 0 aliphatic carbocycles. The van der Waals surface area contributed by atoms with Crippen molar-refractivity contribution in [2.45, 2.75) is 13.0 Å². The smallest absolute Gasteiger partial charge is 0.431 e. The van der Waals surface area contributed by atoms with Crippen LogP contribution in [-0.2, 0) is 4.84 Å². The van der Waals surface area contributed by atoms with Gasteiger partial charge in [-0.1, -0.05) is 18.2 Å². The minimum atomic E-state index is -1.17. The fraction of sp³-hybridized carbons (Fsp3) is 0.294. The van der Waals surface area contributed by atoms with Gasteiger partial charge >= 0.3 is 6.09 Å². The first-order chi connectivity index (χ1) is 12.1. The Kier molecular flexibility index (Phi) is 4.90. The SMILES string of the molecule is C[C@H]1CN(C(=O)c2ccccc2-c2ncccn2)CCN(C(=O)O)O1. The third-order valence-corrected chi connectivity index (χ3v) is 3.82. The number of carbonyl (C=O) groups excluding carboxylic acids is 1. The second-order valence-electron chi connectivity index (χ2n) is 5.67. The minimum absolute atomic E-state index is 0.0927. The summed E-state index contributed by atoms with van der Waals surface area (Å²) in [4.78, 5) is 39.5. The second-order valence-corrected chi connectivity index (χ2v) is 5.67. The molecule has 3 rings (SSSR count). The van der Waals surface area contributed by atoms with E-state index < -0.39 is 12.2 Å². The molecule has 1 fully saturated rings. The molecule has 2 aromatic rings. The predicted octanol–water partition coefficient (Wildman–Crippen LogP) is 1.90. The van der Waals surface area contributed by atoms with E-state index in [1.807, 2.05) is 6.07 Å². The van der Waals surface area contributed by atoms with Crippen LogP contribution in [0.15, 0.2) is 42.7 Å². The van der Waals surface area contributed by atoms with E-state index in [9.17, 15) is 9.59 Å². The van der Waals surface area contributed by atoms with Gasteiger partial charge in [0, 0.05) is 31.0 Å². The van der Waals surface area contributed by atoms with Gasteiger partial charge in [0.2, 0.25) is 0 Å². The first kappa shape index (κ1) is 16.8. The number of carbonyl (C=O) groups is 2. The summed E-state index contributed by atoms with van der Waals surface area (Å²) in [6.45, 7) is 2.37. The van der Waals surface area contributed by atoms with Gasteiger partial charge in [-0.25, -0.2) is 14.8 Å². The van der Waals surface area contributed by atoms with Crippen LogP contribution >= 0.6 is 0 Å². The van der Waals surface area contributed by atoms with Gasteiger partial charge in [0.1, 0.15) is 6.10 Å². The molecule has 0 unspecified atom stereocenters. The maximum absolute atomic E-state index is 13.0. The average Bonchev–Trinajstić information content (AvgIpc) is 2.84. The Hall–Kier alpha value is -3.00. The molecule has 130 valence electrons. The van der Waals surface area contributed by atoms with Crippen LogP contribution in [0, 0.1) is 0 Å². The zero-order valence-corrected chi connectivity index (χ0v) is 13.7. The average molecular weight is 342 g/mol. The zero-order chi connectivity index (χ0) is 17.8. The Balaban J connectivity index is 1.88. The summed E-state index contributed by atoms with van der Waals surface area (Å²) in [5.74, 6) is 0.267. The van der Waals surface area contributed by atoms with E-state index in [2.05, 4.69) is 9.97 Å². The molecule has 1 saturated heterocycles. The lowest BCUT2D eigenvalue weighted by Gasteiger charge is -2.22. The van der Waals surface area contributed by atoms with E-state index in [-0.39, 0.29) is 19.0 Å². The van der Waals surface area contributed by atoms with Gasteiger partial charge in [0.15, 0.2) is 5.82 Å². The molecule has 1 aliphatic rings. The summed E-state index contributed by atoms with van der Waals surface area (Å²) in [6.07, 6.45) is 1.65. The number of nitrogens with zero attached hydrogens (tertiary/aromatic N) is 4. The molecule has 1 aromatic heterocycles. The molecule has 1 aromatic carbocycles. The predicted molar refractivity (Wildman–Crippen MR) is 88.6 cm³/mol. The molecule has 1 N–H and O–H groups in total. The van der Waals surface area contributed by atoms with E-state index in [0.717, 1.165) is 5.06 Å². The second kappa shape index (κ2) is 7.27. The first-order valence-electron chi connectivity index (χ1n) is 7.89. The molecule has 0 saturated carbocycles. The largest absolute Gasteiger partial charge is 0.463 e. The first-order valence-corrected chi connectivity index (χ1v) is 7.89. The molecular formula is C17H18N4O4. The molecule has 2 heterocycles. The number of rotatable bonds is 2. The Morgan fingerprint density at radius 2 is 1.88 bits per heavy atom. The van der Waals surface area contributed by atoms with Crippen LogP contribution in [0.2, 0.25) is 0 Å². The highest BCUT2D eigenvalue weighted by Crippen LogP contribution is 2.22. The number of carboxylic acid groups (broad SMARTS) is 1. The summed E-state index contributed by atoms with van der Waals surface area (Å²) in [7, 11) is 0. The highest BCUT2D eigenvalue weighted by atomic mass is 16.7. The van der Waals surface area contributed by atoms with Gasteiger partial charge in [-0.2, -0.15) is 5.06 Å². The van der Waals surface area contributed by atoms with Crippen LogP contribution in [0.4, 0.5) is 4.79 Å². The van der Waals surface area contributed by atoms with Gasteiger partial charge in [0.25, 0.3) is 5.91 Å². The maximum atomic E-state index is 13.0. The third kappa shape index (κ3) is 3.74. The molecule has 0 radical (unpaired) electrons. The molecule has 8 nitrogen and oxygen atoms in total. The lowest BCUT2D eigenvalue weighted by atomic mass is 10.1. The summed E-state index contributed by atoms with van der Waals surface area (Å²) in [6, 6.07) is 8.83. The molecule has 1 aliphatic heterocycles. The quantitative estimate of drug-likeness (QED) is 0.895. The van der Waals surface area contributed by atoms with Crippen LogP contribution in [0.25, 0.3) is 11.4 Å². The van der Waals surface area contributed by atoms with E-state index in [1.165, 1.54) is 0 Å². The molecule has 1 atom stereocenters. The van der Waals surface area contributed by atoms with E-state index >= 15 is 0 Å². The summed E-state index contributed by atoms with van der Waals surface area (Å²) in [5.41, 5.74) is 1.12. The standard InChI is InChI=1S/C17H18N4O4/c1-12-11-20(9-10-21(25-12)17(23)24)16(22)14-6-3-2-5-13(14)15-18-7-4-8-19-15/h2-8,12H,9-11H2,1H3,(H,23,24)/t12-/m0/s1. The van der Waals surface area contributed by atoms with Crippen molar-refractivity contribution < 1.29 is 19.5 Å². The number of hydrogen-bond donors (Lipinski definition) is 1. The van der Waals surface area contributed by atoms with E-state index in [4.69, 9.17) is 9.94 Å². The molecule has 25 heavy (non-hydrogen) atoms. The van der Waals surface area contributed by atoms with Gasteiger partial charge in [-0.15, -0.1) is 0 Å². The van der Waals surface area contributed by atoms with Crippen LogP contribution in [0.3, 0.4) is 0 Å². The van der Waals surface area contributed by atoms with Gasteiger partial charge in [-0.3, -0.25) is 9.63 Å². The van der Waals surface area contributed by atoms with Crippen molar-refractivity contribution in [1.82, 2.24) is 19.9 Å². The Labute approximate surface area is 144 Å².